The van der Waals surface area contributed by atoms with E-state index in [9.17, 15) is 4.79 Å². The van der Waals surface area contributed by atoms with Crippen molar-refractivity contribution in [2.75, 3.05) is 19.7 Å². The molecule has 0 bridgehead atoms. The van der Waals surface area contributed by atoms with E-state index in [1.54, 1.807) is 0 Å². The van der Waals surface area contributed by atoms with Gasteiger partial charge in [-0.2, -0.15) is 0 Å². The third-order valence-electron chi connectivity index (χ3n) is 3.67. The van der Waals surface area contributed by atoms with Gasteiger partial charge in [-0.1, -0.05) is 6.92 Å². The molecule has 2 fully saturated rings. The van der Waals surface area contributed by atoms with Gasteiger partial charge in [-0.15, -0.1) is 0 Å². The smallest absolute Gasteiger partial charge is 0.254 e. The molecule has 86 valence electrons. The molecular weight excluding hydrogens is 192 g/mol. The minimum atomic E-state index is -0.574. The van der Waals surface area contributed by atoms with Crippen molar-refractivity contribution in [1.29, 1.82) is 0 Å². The summed E-state index contributed by atoms with van der Waals surface area (Å²) in [5.74, 6) is 0.120. The predicted molar refractivity (Wildman–Crippen MR) is 57.4 cm³/mol. The lowest BCUT2D eigenvalue weighted by atomic mass is 9.86. The van der Waals surface area contributed by atoms with E-state index in [2.05, 4.69) is 6.92 Å². The number of amides is 1. The molecule has 2 aliphatic rings. The Hall–Kier alpha value is -0.610. The molecule has 2 rings (SSSR count). The molecule has 2 N–H and O–H groups in total. The van der Waals surface area contributed by atoms with Crippen molar-refractivity contribution < 1.29 is 9.53 Å². The van der Waals surface area contributed by atoms with Gasteiger partial charge in [-0.05, 0) is 26.2 Å². The number of hydrogen-bond acceptors (Lipinski definition) is 3. The molecule has 2 heterocycles. The van der Waals surface area contributed by atoms with Gasteiger partial charge in [0.15, 0.2) is 0 Å². The second-order valence-corrected chi connectivity index (χ2v) is 5.06. The lowest BCUT2D eigenvalue weighted by Crippen LogP contribution is -2.70. The third-order valence-corrected chi connectivity index (χ3v) is 3.67. The van der Waals surface area contributed by atoms with Crippen LogP contribution in [-0.2, 0) is 9.53 Å². The van der Waals surface area contributed by atoms with Gasteiger partial charge in [0.1, 0.15) is 5.60 Å². The standard InChI is InChI=1S/C11H20N2O2/c1-3-11(12)7-13(8-11)9(14)10(2)5-4-6-15-10/h3-8,12H2,1-2H3. The van der Waals surface area contributed by atoms with Crippen LogP contribution < -0.4 is 5.73 Å². The van der Waals surface area contributed by atoms with Crippen molar-refractivity contribution in [1.82, 2.24) is 4.90 Å². The lowest BCUT2D eigenvalue weighted by Gasteiger charge is -2.49. The maximum atomic E-state index is 12.1. The van der Waals surface area contributed by atoms with Crippen LogP contribution in [0.25, 0.3) is 0 Å². The fourth-order valence-corrected chi connectivity index (χ4v) is 2.36. The summed E-state index contributed by atoms with van der Waals surface area (Å²) in [5, 5.41) is 0. The molecule has 0 aromatic rings. The SMILES string of the molecule is CCC1(N)CN(C(=O)C2(C)CCCO2)C1. The summed E-state index contributed by atoms with van der Waals surface area (Å²) in [6.07, 6.45) is 2.75. The van der Waals surface area contributed by atoms with E-state index in [0.29, 0.717) is 19.7 Å². The molecule has 0 radical (unpaired) electrons. The van der Waals surface area contributed by atoms with Gasteiger partial charge >= 0.3 is 0 Å². The zero-order valence-corrected chi connectivity index (χ0v) is 9.58. The Balaban J connectivity index is 1.94. The average molecular weight is 212 g/mol. The lowest BCUT2D eigenvalue weighted by molar-refractivity contribution is -0.158. The molecule has 0 spiro atoms. The number of carbonyl (C=O) groups is 1. The molecule has 1 amide bonds. The zero-order valence-electron chi connectivity index (χ0n) is 9.58. The number of rotatable bonds is 2. The molecule has 4 nitrogen and oxygen atoms in total. The number of nitrogens with zero attached hydrogens (tertiary/aromatic N) is 1. The van der Waals surface area contributed by atoms with Crippen LogP contribution in [0.15, 0.2) is 0 Å². The van der Waals surface area contributed by atoms with Crippen LogP contribution >= 0.6 is 0 Å². The van der Waals surface area contributed by atoms with E-state index in [1.165, 1.54) is 0 Å². The fourth-order valence-electron chi connectivity index (χ4n) is 2.36. The first-order valence-corrected chi connectivity index (χ1v) is 5.71. The van der Waals surface area contributed by atoms with Crippen LogP contribution in [0.2, 0.25) is 0 Å². The second kappa shape index (κ2) is 3.46. The average Bonchev–Trinajstić information content (AvgIpc) is 2.60. The van der Waals surface area contributed by atoms with Gasteiger partial charge < -0.3 is 15.4 Å². The number of ether oxygens (including phenoxy) is 1. The Morgan fingerprint density at radius 2 is 2.20 bits per heavy atom. The molecule has 0 aromatic heterocycles. The number of likely N-dealkylation sites (tertiary alicyclic amines) is 1. The van der Waals surface area contributed by atoms with E-state index in [-0.39, 0.29) is 11.4 Å². The normalized spacial score (nSPS) is 33.9. The van der Waals surface area contributed by atoms with E-state index in [4.69, 9.17) is 10.5 Å². The Morgan fingerprint density at radius 3 is 2.67 bits per heavy atom. The third kappa shape index (κ3) is 1.76. The summed E-state index contributed by atoms with van der Waals surface area (Å²) in [6, 6.07) is 0. The molecule has 2 saturated heterocycles. The fraction of sp³-hybridized carbons (Fsp3) is 0.909. The molecule has 0 saturated carbocycles. The highest BCUT2D eigenvalue weighted by Gasteiger charge is 2.48. The van der Waals surface area contributed by atoms with Crippen molar-refractivity contribution in [2.45, 2.75) is 44.2 Å². The summed E-state index contributed by atoms with van der Waals surface area (Å²) in [4.78, 5) is 13.9. The van der Waals surface area contributed by atoms with Gasteiger partial charge in [-0.25, -0.2) is 0 Å². The maximum absolute atomic E-state index is 12.1. The molecule has 0 aliphatic carbocycles. The molecule has 4 heteroatoms. The van der Waals surface area contributed by atoms with Gasteiger partial charge in [0.2, 0.25) is 0 Å². The quantitative estimate of drug-likeness (QED) is 0.725. The highest BCUT2D eigenvalue weighted by Crippen LogP contribution is 2.31. The Bertz CT molecular complexity index is 266. The molecular formula is C11H20N2O2. The van der Waals surface area contributed by atoms with E-state index in [0.717, 1.165) is 19.3 Å². The Morgan fingerprint density at radius 1 is 1.53 bits per heavy atom. The van der Waals surface area contributed by atoms with Crippen LogP contribution in [-0.4, -0.2) is 41.6 Å². The van der Waals surface area contributed by atoms with Crippen molar-refractivity contribution >= 4 is 5.91 Å². The van der Waals surface area contributed by atoms with Gasteiger partial charge in [-0.3, -0.25) is 4.79 Å². The molecule has 1 unspecified atom stereocenters. The summed E-state index contributed by atoms with van der Waals surface area (Å²) in [5.41, 5.74) is 5.31. The number of carbonyl (C=O) groups excluding carboxylic acids is 1. The molecule has 2 aliphatic heterocycles. The van der Waals surface area contributed by atoms with Crippen molar-refractivity contribution in [3.8, 4) is 0 Å². The Kier molecular flexibility index (Phi) is 2.51. The topological polar surface area (TPSA) is 55.6 Å². The van der Waals surface area contributed by atoms with Crippen LogP contribution in [0, 0.1) is 0 Å². The first kappa shape index (κ1) is 10.9. The first-order chi connectivity index (χ1) is 6.99. The van der Waals surface area contributed by atoms with Crippen LogP contribution in [0.3, 0.4) is 0 Å². The van der Waals surface area contributed by atoms with Gasteiger partial charge in [0.05, 0.1) is 5.54 Å². The number of nitrogens with two attached hydrogens (primary N) is 1. The van der Waals surface area contributed by atoms with Crippen molar-refractivity contribution in [3.05, 3.63) is 0 Å². The number of hydrogen-bond donors (Lipinski definition) is 1. The van der Waals surface area contributed by atoms with E-state index >= 15 is 0 Å². The van der Waals surface area contributed by atoms with Gasteiger partial charge in [0, 0.05) is 19.7 Å². The monoisotopic (exact) mass is 212 g/mol. The molecule has 15 heavy (non-hydrogen) atoms. The summed E-state index contributed by atoms with van der Waals surface area (Å²) < 4.78 is 5.53. The van der Waals surface area contributed by atoms with E-state index in [1.807, 2.05) is 11.8 Å². The molecule has 0 aromatic carbocycles. The highest BCUT2D eigenvalue weighted by molar-refractivity contribution is 5.86. The minimum Gasteiger partial charge on any atom is -0.365 e. The van der Waals surface area contributed by atoms with Crippen LogP contribution in [0.5, 0.6) is 0 Å². The van der Waals surface area contributed by atoms with Crippen molar-refractivity contribution in [3.63, 3.8) is 0 Å². The van der Waals surface area contributed by atoms with E-state index < -0.39 is 5.60 Å². The minimum absolute atomic E-state index is 0.120. The first-order valence-electron chi connectivity index (χ1n) is 5.71. The zero-order chi connectivity index (χ0) is 11.1. The summed E-state index contributed by atoms with van der Waals surface area (Å²) in [7, 11) is 0. The maximum Gasteiger partial charge on any atom is 0.254 e. The summed E-state index contributed by atoms with van der Waals surface area (Å²) in [6.45, 7) is 6.03. The second-order valence-electron chi connectivity index (χ2n) is 5.06. The van der Waals surface area contributed by atoms with Crippen LogP contribution in [0.1, 0.15) is 33.1 Å². The highest BCUT2D eigenvalue weighted by atomic mass is 16.5. The summed E-state index contributed by atoms with van der Waals surface area (Å²) >= 11 is 0. The van der Waals surface area contributed by atoms with Gasteiger partial charge in [0.25, 0.3) is 5.91 Å². The molecule has 1 atom stereocenters. The predicted octanol–water partition coefficient (Wildman–Crippen LogP) is 0.505. The van der Waals surface area contributed by atoms with Crippen LogP contribution in [0.4, 0.5) is 0 Å². The largest absolute Gasteiger partial charge is 0.365 e. The Labute approximate surface area is 90.8 Å². The van der Waals surface area contributed by atoms with Crippen molar-refractivity contribution in [2.24, 2.45) is 5.73 Å².